The highest BCUT2D eigenvalue weighted by Gasteiger charge is 2.21. The van der Waals surface area contributed by atoms with Crippen molar-refractivity contribution in [1.82, 2.24) is 14.9 Å². The summed E-state index contributed by atoms with van der Waals surface area (Å²) in [6.07, 6.45) is 6.85. The number of nitrogens with zero attached hydrogens (tertiary/aromatic N) is 3. The quantitative estimate of drug-likeness (QED) is 0.580. The molecule has 0 fully saturated rings. The number of rotatable bonds is 8. The van der Waals surface area contributed by atoms with Gasteiger partial charge in [-0.2, -0.15) is 5.26 Å². The number of unbranched alkanes of at least 4 members (excludes halogenated alkanes) is 1. The first-order chi connectivity index (χ1) is 8.61. The number of imidazole rings is 1. The fourth-order valence-corrected chi connectivity index (χ4v) is 2.74. The topological polar surface area (TPSA) is 53.6 Å². The van der Waals surface area contributed by atoms with Gasteiger partial charge in [-0.3, -0.25) is 5.32 Å². The van der Waals surface area contributed by atoms with Gasteiger partial charge in [0.2, 0.25) is 0 Å². The molecule has 0 aliphatic carbocycles. The van der Waals surface area contributed by atoms with Crippen molar-refractivity contribution in [3.63, 3.8) is 0 Å². The van der Waals surface area contributed by atoms with Crippen LogP contribution in [0.3, 0.4) is 0 Å². The largest absolute Gasteiger partial charge is 0.329 e. The molecule has 1 heterocycles. The van der Waals surface area contributed by atoms with Crippen LogP contribution in [0.1, 0.15) is 33.1 Å². The lowest BCUT2D eigenvalue weighted by Gasteiger charge is -2.22. The van der Waals surface area contributed by atoms with Crippen molar-refractivity contribution in [3.8, 4) is 6.07 Å². The third-order valence-corrected chi connectivity index (χ3v) is 4.04. The van der Waals surface area contributed by atoms with Gasteiger partial charge in [0.15, 0.2) is 5.16 Å². The molecule has 0 bridgehead atoms. The van der Waals surface area contributed by atoms with Gasteiger partial charge in [-0.05, 0) is 32.7 Å². The smallest absolute Gasteiger partial charge is 0.167 e. The second-order valence-electron chi connectivity index (χ2n) is 4.60. The van der Waals surface area contributed by atoms with E-state index >= 15 is 0 Å². The molecule has 4 nitrogen and oxygen atoms in total. The monoisotopic (exact) mass is 266 g/mol. The number of aryl methyl sites for hydroxylation is 1. The lowest BCUT2D eigenvalue weighted by Crippen LogP contribution is -2.40. The Hall–Kier alpha value is -0.990. The first-order valence-electron chi connectivity index (χ1n) is 6.37. The summed E-state index contributed by atoms with van der Waals surface area (Å²) in [5.41, 5.74) is -0.372. The number of hydrogen-bond acceptors (Lipinski definition) is 4. The van der Waals surface area contributed by atoms with E-state index in [-0.39, 0.29) is 5.54 Å². The van der Waals surface area contributed by atoms with Crippen LogP contribution in [0.25, 0.3) is 0 Å². The molecule has 0 spiro atoms. The highest BCUT2D eigenvalue weighted by atomic mass is 32.2. The summed E-state index contributed by atoms with van der Waals surface area (Å²) in [7, 11) is 2.01. The van der Waals surface area contributed by atoms with E-state index in [0.29, 0.717) is 0 Å². The lowest BCUT2D eigenvalue weighted by atomic mass is 9.97. The molecule has 1 aromatic heterocycles. The summed E-state index contributed by atoms with van der Waals surface area (Å²) in [5.74, 6) is 1.05. The zero-order valence-corrected chi connectivity index (χ0v) is 12.3. The minimum atomic E-state index is -0.372. The van der Waals surface area contributed by atoms with Gasteiger partial charge in [0.25, 0.3) is 0 Å². The third kappa shape index (κ3) is 4.71. The Labute approximate surface area is 114 Å². The number of aromatic nitrogens is 2. The molecule has 0 saturated heterocycles. The average Bonchev–Trinajstić information content (AvgIpc) is 2.75. The van der Waals surface area contributed by atoms with Crippen LogP contribution < -0.4 is 5.32 Å². The molecule has 0 saturated carbocycles. The van der Waals surface area contributed by atoms with Crippen LogP contribution in [-0.2, 0) is 7.05 Å². The van der Waals surface area contributed by atoms with Gasteiger partial charge < -0.3 is 4.57 Å². The highest BCUT2D eigenvalue weighted by Crippen LogP contribution is 2.19. The van der Waals surface area contributed by atoms with E-state index in [2.05, 4.69) is 16.4 Å². The summed E-state index contributed by atoms with van der Waals surface area (Å²) in [4.78, 5) is 4.27. The van der Waals surface area contributed by atoms with Crippen molar-refractivity contribution in [1.29, 1.82) is 5.26 Å². The first-order valence-corrected chi connectivity index (χ1v) is 7.36. The Morgan fingerprint density at radius 1 is 1.56 bits per heavy atom. The second-order valence-corrected chi connectivity index (χ2v) is 5.66. The van der Waals surface area contributed by atoms with Crippen molar-refractivity contribution in [2.45, 2.75) is 43.8 Å². The zero-order valence-electron chi connectivity index (χ0n) is 11.4. The molecule has 1 atom stereocenters. The highest BCUT2D eigenvalue weighted by molar-refractivity contribution is 7.99. The Morgan fingerprint density at radius 2 is 2.33 bits per heavy atom. The van der Waals surface area contributed by atoms with Gasteiger partial charge in [-0.15, -0.1) is 0 Å². The van der Waals surface area contributed by atoms with E-state index in [9.17, 15) is 0 Å². The van der Waals surface area contributed by atoms with Crippen LogP contribution in [0.5, 0.6) is 0 Å². The number of nitriles is 1. The van der Waals surface area contributed by atoms with Crippen molar-refractivity contribution in [2.75, 3.05) is 12.3 Å². The predicted octanol–water partition coefficient (Wildman–Crippen LogP) is 2.57. The number of nitrogens with one attached hydrogen (secondary N) is 1. The normalized spacial score (nSPS) is 14.1. The maximum Gasteiger partial charge on any atom is 0.167 e. The Kier molecular flexibility index (Phi) is 6.23. The summed E-state index contributed by atoms with van der Waals surface area (Å²) in [5, 5.41) is 13.4. The number of hydrogen-bond donors (Lipinski definition) is 1. The minimum absolute atomic E-state index is 0.372. The molecule has 18 heavy (non-hydrogen) atoms. The summed E-state index contributed by atoms with van der Waals surface area (Å²) in [6, 6.07) is 2.36. The first kappa shape index (κ1) is 15.1. The van der Waals surface area contributed by atoms with Crippen LogP contribution in [0.15, 0.2) is 17.6 Å². The van der Waals surface area contributed by atoms with Crippen LogP contribution in [-0.4, -0.2) is 27.4 Å². The lowest BCUT2D eigenvalue weighted by molar-refractivity contribution is 0.415. The fraction of sp³-hybridized carbons (Fsp3) is 0.692. The maximum atomic E-state index is 9.13. The molecule has 0 aliphatic rings. The zero-order chi connectivity index (χ0) is 13.4. The van der Waals surface area contributed by atoms with Crippen molar-refractivity contribution < 1.29 is 0 Å². The Morgan fingerprint density at radius 3 is 2.89 bits per heavy atom. The van der Waals surface area contributed by atoms with Crippen molar-refractivity contribution in [3.05, 3.63) is 12.4 Å². The average molecular weight is 266 g/mol. The standard InChI is InChI=1S/C13H22N4S/c1-4-16-13(2,11-14)7-5-6-10-18-12-15-8-9-17(12)3/h8-9,16H,4-7,10H2,1-3H3. The fourth-order valence-electron chi connectivity index (χ4n) is 1.81. The van der Waals surface area contributed by atoms with Gasteiger partial charge in [0, 0.05) is 25.2 Å². The molecule has 100 valence electrons. The molecule has 0 aliphatic heterocycles. The molecule has 0 amide bonds. The van der Waals surface area contributed by atoms with E-state index < -0.39 is 0 Å². The molecule has 5 heteroatoms. The second kappa shape index (κ2) is 7.45. The summed E-state index contributed by atoms with van der Waals surface area (Å²) in [6.45, 7) is 4.85. The molecular weight excluding hydrogens is 244 g/mol. The van der Waals surface area contributed by atoms with Gasteiger partial charge in [-0.1, -0.05) is 18.7 Å². The van der Waals surface area contributed by atoms with E-state index in [0.717, 1.165) is 36.7 Å². The molecule has 0 radical (unpaired) electrons. The molecule has 1 N–H and O–H groups in total. The van der Waals surface area contributed by atoms with Crippen molar-refractivity contribution in [2.24, 2.45) is 7.05 Å². The van der Waals surface area contributed by atoms with E-state index in [4.69, 9.17) is 5.26 Å². The van der Waals surface area contributed by atoms with Crippen LogP contribution in [0, 0.1) is 11.3 Å². The predicted molar refractivity (Wildman–Crippen MR) is 75.5 cm³/mol. The Bertz CT molecular complexity index is 396. The molecule has 0 aromatic carbocycles. The minimum Gasteiger partial charge on any atom is -0.329 e. The number of thioether (sulfide) groups is 1. The third-order valence-electron chi connectivity index (χ3n) is 2.89. The molecular formula is C13H22N4S. The summed E-state index contributed by atoms with van der Waals surface area (Å²) >= 11 is 1.77. The SMILES string of the molecule is CCNC(C)(C#N)CCCCSc1nccn1C. The molecule has 1 rings (SSSR count). The van der Waals surface area contributed by atoms with Gasteiger partial charge in [0.1, 0.15) is 5.54 Å². The van der Waals surface area contributed by atoms with Gasteiger partial charge >= 0.3 is 0 Å². The van der Waals surface area contributed by atoms with Crippen LogP contribution in [0.4, 0.5) is 0 Å². The van der Waals surface area contributed by atoms with E-state index in [1.165, 1.54) is 0 Å². The van der Waals surface area contributed by atoms with Gasteiger partial charge in [0.05, 0.1) is 6.07 Å². The molecule has 1 aromatic rings. The molecule has 1 unspecified atom stereocenters. The van der Waals surface area contributed by atoms with Crippen LogP contribution in [0.2, 0.25) is 0 Å². The van der Waals surface area contributed by atoms with E-state index in [1.54, 1.807) is 11.8 Å². The summed E-state index contributed by atoms with van der Waals surface area (Å²) < 4.78 is 2.03. The van der Waals surface area contributed by atoms with Gasteiger partial charge in [-0.25, -0.2) is 4.98 Å². The van der Waals surface area contributed by atoms with E-state index in [1.807, 2.05) is 37.9 Å². The Balaban J connectivity index is 2.19. The van der Waals surface area contributed by atoms with Crippen LogP contribution >= 0.6 is 11.8 Å². The van der Waals surface area contributed by atoms with Crippen molar-refractivity contribution >= 4 is 11.8 Å². The maximum absolute atomic E-state index is 9.13.